The summed E-state index contributed by atoms with van der Waals surface area (Å²) in [6.07, 6.45) is 4.22. The van der Waals surface area contributed by atoms with E-state index in [1.54, 1.807) is 0 Å². The van der Waals surface area contributed by atoms with Crippen molar-refractivity contribution in [1.29, 1.82) is 0 Å². The number of thiophene rings is 1. The van der Waals surface area contributed by atoms with Gasteiger partial charge in [-0.2, -0.15) is 0 Å². The van der Waals surface area contributed by atoms with Gasteiger partial charge in [0.2, 0.25) is 0 Å². The Bertz CT molecular complexity index is 390. The first kappa shape index (κ1) is 12.6. The summed E-state index contributed by atoms with van der Waals surface area (Å²) in [5.41, 5.74) is 5.67. The van der Waals surface area contributed by atoms with E-state index in [2.05, 4.69) is 21.9 Å². The molecule has 1 unspecified atom stereocenters. The molecular formula is C14H23N3S. The molecule has 0 bridgehead atoms. The zero-order chi connectivity index (χ0) is 12.4. The van der Waals surface area contributed by atoms with Crippen LogP contribution in [-0.2, 0) is 13.1 Å². The summed E-state index contributed by atoms with van der Waals surface area (Å²) < 4.78 is 0. The van der Waals surface area contributed by atoms with Gasteiger partial charge in [-0.3, -0.25) is 9.80 Å². The molecule has 0 radical (unpaired) electrons. The second kappa shape index (κ2) is 5.70. The maximum Gasteiger partial charge on any atom is 0.0329 e. The molecule has 2 fully saturated rings. The lowest BCUT2D eigenvalue weighted by Gasteiger charge is -2.44. The summed E-state index contributed by atoms with van der Waals surface area (Å²) in [6, 6.07) is 5.25. The molecule has 3 heterocycles. The van der Waals surface area contributed by atoms with Gasteiger partial charge in [0.25, 0.3) is 0 Å². The highest BCUT2D eigenvalue weighted by Crippen LogP contribution is 2.24. The van der Waals surface area contributed by atoms with Crippen molar-refractivity contribution >= 4 is 11.3 Å². The molecule has 4 heteroatoms. The molecule has 0 spiro atoms. The van der Waals surface area contributed by atoms with E-state index in [1.165, 1.54) is 55.2 Å². The first-order chi connectivity index (χ1) is 8.85. The van der Waals surface area contributed by atoms with E-state index in [0.29, 0.717) is 6.54 Å². The largest absolute Gasteiger partial charge is 0.326 e. The Morgan fingerprint density at radius 1 is 1.17 bits per heavy atom. The summed E-state index contributed by atoms with van der Waals surface area (Å²) in [5.74, 6) is 0. The zero-order valence-corrected chi connectivity index (χ0v) is 11.8. The lowest BCUT2D eigenvalue weighted by atomic mass is 9.99. The number of hydrogen-bond donors (Lipinski definition) is 1. The fraction of sp³-hybridized carbons (Fsp3) is 0.714. The van der Waals surface area contributed by atoms with Gasteiger partial charge in [-0.15, -0.1) is 11.3 Å². The average molecular weight is 265 g/mol. The van der Waals surface area contributed by atoms with Crippen LogP contribution in [0.4, 0.5) is 0 Å². The van der Waals surface area contributed by atoms with Crippen LogP contribution in [0.25, 0.3) is 0 Å². The molecule has 0 saturated carbocycles. The van der Waals surface area contributed by atoms with E-state index in [1.807, 2.05) is 11.3 Å². The Kier molecular flexibility index (Phi) is 3.99. The number of piperidine rings is 1. The molecular weight excluding hydrogens is 242 g/mol. The van der Waals surface area contributed by atoms with Crippen molar-refractivity contribution in [1.82, 2.24) is 9.80 Å². The Morgan fingerprint density at radius 2 is 2.06 bits per heavy atom. The van der Waals surface area contributed by atoms with Crippen LogP contribution in [0.1, 0.15) is 29.0 Å². The van der Waals surface area contributed by atoms with Crippen LogP contribution < -0.4 is 5.73 Å². The second-order valence-electron chi connectivity index (χ2n) is 5.49. The van der Waals surface area contributed by atoms with Crippen LogP contribution in [0.5, 0.6) is 0 Å². The van der Waals surface area contributed by atoms with Gasteiger partial charge in [0, 0.05) is 48.5 Å². The highest BCUT2D eigenvalue weighted by Gasteiger charge is 2.28. The number of fused-ring (bicyclic) bond motifs is 1. The molecule has 2 N–H and O–H groups in total. The van der Waals surface area contributed by atoms with Gasteiger partial charge in [-0.1, -0.05) is 6.42 Å². The first-order valence-corrected chi connectivity index (χ1v) is 7.91. The maximum atomic E-state index is 5.67. The summed E-state index contributed by atoms with van der Waals surface area (Å²) >= 11 is 1.88. The quantitative estimate of drug-likeness (QED) is 0.905. The molecule has 3 nitrogen and oxygen atoms in total. The van der Waals surface area contributed by atoms with Crippen LogP contribution in [0.3, 0.4) is 0 Å². The lowest BCUT2D eigenvalue weighted by Crippen LogP contribution is -2.54. The molecule has 1 aromatic heterocycles. The van der Waals surface area contributed by atoms with Crippen molar-refractivity contribution in [2.75, 3.05) is 26.2 Å². The smallest absolute Gasteiger partial charge is 0.0329 e. The minimum atomic E-state index is 0.682. The predicted molar refractivity (Wildman–Crippen MR) is 76.7 cm³/mol. The first-order valence-electron chi connectivity index (χ1n) is 7.09. The van der Waals surface area contributed by atoms with Gasteiger partial charge in [0.1, 0.15) is 0 Å². The molecule has 1 aromatic rings. The summed E-state index contributed by atoms with van der Waals surface area (Å²) in [7, 11) is 0. The molecule has 2 aliphatic heterocycles. The van der Waals surface area contributed by atoms with Gasteiger partial charge >= 0.3 is 0 Å². The molecule has 2 aliphatic rings. The molecule has 0 aliphatic carbocycles. The van der Waals surface area contributed by atoms with Gasteiger partial charge in [0.05, 0.1) is 0 Å². The van der Waals surface area contributed by atoms with Crippen molar-refractivity contribution in [2.24, 2.45) is 5.73 Å². The summed E-state index contributed by atoms with van der Waals surface area (Å²) in [6.45, 7) is 6.88. The standard InChI is InChI=1S/C14H23N3S/c15-9-13-4-5-14(18-13)11-16-7-8-17-6-2-1-3-12(17)10-16/h4-5,12H,1-3,6-11,15H2. The van der Waals surface area contributed by atoms with Crippen LogP contribution in [0, 0.1) is 0 Å². The van der Waals surface area contributed by atoms with Crippen molar-refractivity contribution < 1.29 is 0 Å². The summed E-state index contributed by atoms with van der Waals surface area (Å²) in [5, 5.41) is 0. The van der Waals surface area contributed by atoms with Crippen LogP contribution in [0.2, 0.25) is 0 Å². The van der Waals surface area contributed by atoms with E-state index in [0.717, 1.165) is 12.6 Å². The van der Waals surface area contributed by atoms with Crippen LogP contribution in [0.15, 0.2) is 12.1 Å². The molecule has 100 valence electrons. The van der Waals surface area contributed by atoms with E-state index >= 15 is 0 Å². The highest BCUT2D eigenvalue weighted by atomic mass is 32.1. The molecule has 18 heavy (non-hydrogen) atoms. The van der Waals surface area contributed by atoms with Gasteiger partial charge in [-0.25, -0.2) is 0 Å². The van der Waals surface area contributed by atoms with E-state index in [9.17, 15) is 0 Å². The molecule has 0 amide bonds. The predicted octanol–water partition coefficient (Wildman–Crippen LogP) is 1.88. The topological polar surface area (TPSA) is 32.5 Å². The third-order valence-electron chi connectivity index (χ3n) is 4.22. The minimum Gasteiger partial charge on any atom is -0.326 e. The summed E-state index contributed by atoms with van der Waals surface area (Å²) in [4.78, 5) is 8.10. The normalized spacial score (nSPS) is 26.2. The monoisotopic (exact) mass is 265 g/mol. The van der Waals surface area contributed by atoms with E-state index in [-0.39, 0.29) is 0 Å². The number of piperazine rings is 1. The van der Waals surface area contributed by atoms with Crippen molar-refractivity contribution in [3.63, 3.8) is 0 Å². The highest BCUT2D eigenvalue weighted by molar-refractivity contribution is 7.11. The van der Waals surface area contributed by atoms with Crippen molar-refractivity contribution in [3.8, 4) is 0 Å². The number of hydrogen-bond acceptors (Lipinski definition) is 4. The zero-order valence-electron chi connectivity index (χ0n) is 11.0. The molecule has 3 rings (SSSR count). The van der Waals surface area contributed by atoms with Gasteiger partial charge < -0.3 is 5.73 Å². The third-order valence-corrected chi connectivity index (χ3v) is 5.31. The Balaban J connectivity index is 1.57. The SMILES string of the molecule is NCc1ccc(CN2CCN3CCCCC3C2)s1. The Morgan fingerprint density at radius 3 is 2.89 bits per heavy atom. The fourth-order valence-electron chi connectivity index (χ4n) is 3.20. The second-order valence-corrected chi connectivity index (χ2v) is 6.75. The maximum absolute atomic E-state index is 5.67. The van der Waals surface area contributed by atoms with Crippen molar-refractivity contribution in [2.45, 2.75) is 38.4 Å². The molecule has 1 atom stereocenters. The van der Waals surface area contributed by atoms with Gasteiger partial charge in [-0.05, 0) is 31.5 Å². The number of nitrogens with zero attached hydrogens (tertiary/aromatic N) is 2. The molecule has 2 saturated heterocycles. The molecule has 0 aromatic carbocycles. The van der Waals surface area contributed by atoms with E-state index in [4.69, 9.17) is 5.73 Å². The van der Waals surface area contributed by atoms with Crippen molar-refractivity contribution in [3.05, 3.63) is 21.9 Å². The Hall–Kier alpha value is -0.420. The third kappa shape index (κ3) is 2.77. The minimum absolute atomic E-state index is 0.682. The number of nitrogens with two attached hydrogens (primary N) is 1. The van der Waals surface area contributed by atoms with E-state index < -0.39 is 0 Å². The van der Waals surface area contributed by atoms with Gasteiger partial charge in [0.15, 0.2) is 0 Å². The van der Waals surface area contributed by atoms with Crippen LogP contribution in [-0.4, -0.2) is 42.0 Å². The fourth-order valence-corrected chi connectivity index (χ4v) is 4.14. The van der Waals surface area contributed by atoms with Crippen LogP contribution >= 0.6 is 11.3 Å². The Labute approximate surface area is 114 Å². The lowest BCUT2D eigenvalue weighted by molar-refractivity contribution is 0.0461. The number of rotatable bonds is 3. The average Bonchev–Trinajstić information content (AvgIpc) is 2.86.